The zero-order valence-corrected chi connectivity index (χ0v) is 11.4. The molecule has 1 atom stereocenters. The van der Waals surface area contributed by atoms with Crippen molar-refractivity contribution in [1.82, 2.24) is 5.32 Å². The number of rotatable bonds is 7. The third kappa shape index (κ3) is 5.78. The molecule has 3 heteroatoms. The van der Waals surface area contributed by atoms with Crippen molar-refractivity contribution in [2.45, 2.75) is 37.7 Å². The van der Waals surface area contributed by atoms with Gasteiger partial charge >= 0.3 is 0 Å². The van der Waals surface area contributed by atoms with Crippen LogP contribution in [0, 0.1) is 0 Å². The van der Waals surface area contributed by atoms with Crippen LogP contribution in [0.1, 0.15) is 32.3 Å². The third-order valence-corrected chi connectivity index (χ3v) is 3.76. The van der Waals surface area contributed by atoms with E-state index in [0.29, 0.717) is 0 Å². The van der Waals surface area contributed by atoms with Crippen molar-refractivity contribution >= 4 is 17.7 Å². The van der Waals surface area contributed by atoms with Crippen LogP contribution in [-0.4, -0.2) is 17.7 Å². The van der Waals surface area contributed by atoms with Crippen LogP contribution in [0.25, 0.3) is 0 Å². The Kier molecular flexibility index (Phi) is 6.78. The number of carbonyl (C=O) groups excluding carboxylic acids is 1. The molecular formula is C14H21NOS. The first-order valence-corrected chi connectivity index (χ1v) is 7.22. The highest BCUT2D eigenvalue weighted by Gasteiger charge is 2.12. The van der Waals surface area contributed by atoms with E-state index >= 15 is 0 Å². The molecule has 0 aliphatic heterocycles. The molecule has 0 radical (unpaired) electrons. The van der Waals surface area contributed by atoms with Gasteiger partial charge in [-0.3, -0.25) is 4.79 Å². The third-order valence-electron chi connectivity index (χ3n) is 2.54. The highest BCUT2D eigenvalue weighted by molar-refractivity contribution is 7.99. The first kappa shape index (κ1) is 14.1. The summed E-state index contributed by atoms with van der Waals surface area (Å²) in [5, 5.41) is 2.98. The van der Waals surface area contributed by atoms with Gasteiger partial charge < -0.3 is 5.32 Å². The monoisotopic (exact) mass is 251 g/mol. The largest absolute Gasteiger partial charge is 0.355 e. The van der Waals surface area contributed by atoms with Gasteiger partial charge in [0.15, 0.2) is 0 Å². The number of nitrogens with one attached hydrogen (secondary N) is 1. The first-order valence-electron chi connectivity index (χ1n) is 6.17. The lowest BCUT2D eigenvalue weighted by atomic mass is 10.2. The maximum absolute atomic E-state index is 11.7. The maximum atomic E-state index is 11.7. The van der Waals surface area contributed by atoms with Crippen molar-refractivity contribution in [3.05, 3.63) is 35.9 Å². The second-order valence-electron chi connectivity index (χ2n) is 4.08. The molecule has 94 valence electrons. The van der Waals surface area contributed by atoms with Gasteiger partial charge in [-0.15, -0.1) is 11.8 Å². The molecule has 1 rings (SSSR count). The Hall–Kier alpha value is -0.960. The van der Waals surface area contributed by atoms with Crippen molar-refractivity contribution in [3.8, 4) is 0 Å². The zero-order chi connectivity index (χ0) is 12.5. The quantitative estimate of drug-likeness (QED) is 0.754. The predicted molar refractivity (Wildman–Crippen MR) is 75.1 cm³/mol. The van der Waals surface area contributed by atoms with E-state index in [-0.39, 0.29) is 11.2 Å². The lowest BCUT2D eigenvalue weighted by Gasteiger charge is -2.11. The van der Waals surface area contributed by atoms with E-state index in [1.807, 2.05) is 25.1 Å². The molecule has 1 N–H and O–H groups in total. The average Bonchev–Trinajstić information content (AvgIpc) is 2.37. The number of amides is 1. The van der Waals surface area contributed by atoms with Gasteiger partial charge in [-0.25, -0.2) is 0 Å². The number of hydrogen-bond acceptors (Lipinski definition) is 2. The van der Waals surface area contributed by atoms with Gasteiger partial charge in [-0.05, 0) is 18.9 Å². The average molecular weight is 251 g/mol. The smallest absolute Gasteiger partial charge is 0.232 e. The van der Waals surface area contributed by atoms with Gasteiger partial charge in [0.1, 0.15) is 0 Å². The fourth-order valence-electron chi connectivity index (χ4n) is 1.40. The minimum atomic E-state index is 0.0204. The van der Waals surface area contributed by atoms with E-state index in [4.69, 9.17) is 0 Å². The first-order chi connectivity index (χ1) is 8.24. The molecule has 17 heavy (non-hydrogen) atoms. The number of carbonyl (C=O) groups is 1. The van der Waals surface area contributed by atoms with E-state index in [2.05, 4.69) is 24.4 Å². The minimum absolute atomic E-state index is 0.0204. The Balaban J connectivity index is 2.24. The van der Waals surface area contributed by atoms with Crippen LogP contribution in [0.2, 0.25) is 0 Å². The molecule has 0 bridgehead atoms. The fourth-order valence-corrected chi connectivity index (χ4v) is 2.27. The zero-order valence-electron chi connectivity index (χ0n) is 10.6. The van der Waals surface area contributed by atoms with Crippen LogP contribution >= 0.6 is 11.8 Å². The van der Waals surface area contributed by atoms with Crippen LogP contribution < -0.4 is 5.32 Å². The van der Waals surface area contributed by atoms with Crippen molar-refractivity contribution in [2.75, 3.05) is 6.54 Å². The van der Waals surface area contributed by atoms with Crippen LogP contribution in [0.5, 0.6) is 0 Å². The van der Waals surface area contributed by atoms with E-state index in [1.54, 1.807) is 11.8 Å². The second kappa shape index (κ2) is 8.18. The Bertz CT molecular complexity index is 326. The minimum Gasteiger partial charge on any atom is -0.355 e. The van der Waals surface area contributed by atoms with Crippen LogP contribution in [0.4, 0.5) is 0 Å². The molecule has 0 heterocycles. The number of unbranched alkanes of at least 4 members (excludes halogenated alkanes) is 1. The number of hydrogen-bond donors (Lipinski definition) is 1. The van der Waals surface area contributed by atoms with Crippen molar-refractivity contribution in [2.24, 2.45) is 0 Å². The summed E-state index contributed by atoms with van der Waals surface area (Å²) in [5.74, 6) is 1.04. The summed E-state index contributed by atoms with van der Waals surface area (Å²) in [4.78, 5) is 11.7. The molecule has 1 amide bonds. The van der Waals surface area contributed by atoms with Crippen molar-refractivity contribution < 1.29 is 4.79 Å². The van der Waals surface area contributed by atoms with Gasteiger partial charge in [0.05, 0.1) is 5.25 Å². The molecule has 1 aromatic carbocycles. The molecule has 0 aromatic heterocycles. The van der Waals surface area contributed by atoms with E-state index in [1.165, 1.54) is 5.56 Å². The molecule has 1 unspecified atom stereocenters. The normalized spacial score (nSPS) is 12.1. The van der Waals surface area contributed by atoms with Gasteiger partial charge in [-0.2, -0.15) is 0 Å². The molecule has 0 spiro atoms. The summed E-state index contributed by atoms with van der Waals surface area (Å²) in [5.41, 5.74) is 1.27. The van der Waals surface area contributed by atoms with Crippen LogP contribution in [0.15, 0.2) is 30.3 Å². The van der Waals surface area contributed by atoms with E-state index in [9.17, 15) is 4.79 Å². The highest BCUT2D eigenvalue weighted by atomic mass is 32.2. The Morgan fingerprint density at radius 1 is 1.35 bits per heavy atom. The molecule has 0 saturated heterocycles. The van der Waals surface area contributed by atoms with Gasteiger partial charge in [0, 0.05) is 12.3 Å². The van der Waals surface area contributed by atoms with Gasteiger partial charge in [-0.1, -0.05) is 43.7 Å². The molecule has 0 aliphatic carbocycles. The molecule has 0 fully saturated rings. The summed E-state index contributed by atoms with van der Waals surface area (Å²) in [6.45, 7) is 4.89. The van der Waals surface area contributed by atoms with Crippen LogP contribution in [0.3, 0.4) is 0 Å². The van der Waals surface area contributed by atoms with Gasteiger partial charge in [0.25, 0.3) is 0 Å². The molecule has 0 aliphatic rings. The maximum Gasteiger partial charge on any atom is 0.232 e. The summed E-state index contributed by atoms with van der Waals surface area (Å²) in [6, 6.07) is 10.3. The Labute approximate surface area is 108 Å². The molecule has 1 aromatic rings. The highest BCUT2D eigenvalue weighted by Crippen LogP contribution is 2.17. The summed E-state index contributed by atoms with van der Waals surface area (Å²) in [6.07, 6.45) is 2.17. The lowest BCUT2D eigenvalue weighted by molar-refractivity contribution is -0.120. The lowest BCUT2D eigenvalue weighted by Crippen LogP contribution is -2.31. The molecule has 2 nitrogen and oxygen atoms in total. The van der Waals surface area contributed by atoms with Gasteiger partial charge in [0.2, 0.25) is 5.91 Å². The fraction of sp³-hybridized carbons (Fsp3) is 0.500. The SMILES string of the molecule is CCCCNC(=O)C(C)SCc1ccccc1. The van der Waals surface area contributed by atoms with Crippen molar-refractivity contribution in [1.29, 1.82) is 0 Å². The molecular weight excluding hydrogens is 230 g/mol. The Morgan fingerprint density at radius 3 is 2.71 bits per heavy atom. The summed E-state index contributed by atoms with van der Waals surface area (Å²) < 4.78 is 0. The van der Waals surface area contributed by atoms with E-state index < -0.39 is 0 Å². The standard InChI is InChI=1S/C14H21NOS/c1-3-4-10-15-14(16)12(2)17-11-13-8-6-5-7-9-13/h5-9,12H,3-4,10-11H2,1-2H3,(H,15,16). The second-order valence-corrected chi connectivity index (χ2v) is 5.41. The van der Waals surface area contributed by atoms with Crippen molar-refractivity contribution in [3.63, 3.8) is 0 Å². The van der Waals surface area contributed by atoms with E-state index in [0.717, 1.165) is 25.1 Å². The summed E-state index contributed by atoms with van der Waals surface area (Å²) in [7, 11) is 0. The predicted octanol–water partition coefficient (Wildman–Crippen LogP) is 3.22. The van der Waals surface area contributed by atoms with Crippen LogP contribution in [-0.2, 0) is 10.5 Å². The summed E-state index contributed by atoms with van der Waals surface area (Å²) >= 11 is 1.68. The number of benzene rings is 1. The Morgan fingerprint density at radius 2 is 2.06 bits per heavy atom. The topological polar surface area (TPSA) is 29.1 Å². The molecule has 0 saturated carbocycles. The number of thioether (sulfide) groups is 1.